The highest BCUT2D eigenvalue weighted by Crippen LogP contribution is 2.46. The predicted octanol–water partition coefficient (Wildman–Crippen LogP) is 3.85. The van der Waals surface area contributed by atoms with E-state index in [-0.39, 0.29) is 23.2 Å². The predicted molar refractivity (Wildman–Crippen MR) is 113 cm³/mol. The molecule has 3 aromatic rings. The van der Waals surface area contributed by atoms with Gasteiger partial charge in [0.15, 0.2) is 0 Å². The number of hydrogen-bond donors (Lipinski definition) is 2. The molecule has 0 bridgehead atoms. The van der Waals surface area contributed by atoms with Gasteiger partial charge < -0.3 is 5.11 Å². The summed E-state index contributed by atoms with van der Waals surface area (Å²) in [4.78, 5) is 33.8. The summed E-state index contributed by atoms with van der Waals surface area (Å²) in [7, 11) is 0. The van der Waals surface area contributed by atoms with Crippen LogP contribution in [0.3, 0.4) is 0 Å². The second-order valence-corrected chi connectivity index (χ2v) is 8.43. The van der Waals surface area contributed by atoms with Gasteiger partial charge in [-0.2, -0.15) is 0 Å². The molecule has 0 saturated carbocycles. The summed E-state index contributed by atoms with van der Waals surface area (Å²) in [6, 6.07) is 11.8. The molecule has 1 aliphatic rings. The van der Waals surface area contributed by atoms with E-state index < -0.39 is 11.2 Å². The van der Waals surface area contributed by atoms with Gasteiger partial charge in [-0.25, -0.2) is 4.79 Å². The van der Waals surface area contributed by atoms with Crippen LogP contribution < -0.4 is 11.2 Å². The van der Waals surface area contributed by atoms with Crippen molar-refractivity contribution in [2.75, 3.05) is 0 Å². The van der Waals surface area contributed by atoms with E-state index in [9.17, 15) is 14.7 Å². The summed E-state index contributed by atoms with van der Waals surface area (Å²) in [6.45, 7) is 3.68. The lowest BCUT2D eigenvalue weighted by Crippen LogP contribution is -2.34. The first-order valence-corrected chi connectivity index (χ1v) is 10.4. The van der Waals surface area contributed by atoms with Crippen LogP contribution in [0.2, 0.25) is 0 Å². The number of aromatic amines is 1. The topological polar surface area (TPSA) is 87.4 Å². The van der Waals surface area contributed by atoms with Crippen molar-refractivity contribution in [2.24, 2.45) is 4.99 Å². The second-order valence-electron chi connectivity index (χ2n) is 6.21. The highest BCUT2D eigenvalue weighted by Gasteiger charge is 2.27. The van der Waals surface area contributed by atoms with Crippen LogP contribution in [0, 0.1) is 0 Å². The zero-order chi connectivity index (χ0) is 19.7. The van der Waals surface area contributed by atoms with Gasteiger partial charge in [-0.3, -0.25) is 19.3 Å². The van der Waals surface area contributed by atoms with Crippen molar-refractivity contribution in [1.29, 1.82) is 0 Å². The lowest BCUT2D eigenvalue weighted by molar-refractivity contribution is 0.409. The Hall–Kier alpha value is -2.84. The molecule has 0 aliphatic carbocycles. The van der Waals surface area contributed by atoms with Crippen LogP contribution in [0.4, 0.5) is 5.69 Å². The number of nitrogens with zero attached hydrogens (tertiary/aromatic N) is 2. The third-order valence-corrected chi connectivity index (χ3v) is 6.84. The van der Waals surface area contributed by atoms with E-state index in [4.69, 9.17) is 4.99 Å². The molecule has 6 nitrogen and oxygen atoms in total. The van der Waals surface area contributed by atoms with E-state index in [0.29, 0.717) is 12.1 Å². The zero-order valence-corrected chi connectivity index (χ0v) is 16.4. The number of rotatable bonds is 4. The highest BCUT2D eigenvalue weighted by atomic mass is 32.2. The first kappa shape index (κ1) is 18.5. The normalized spacial score (nSPS) is 16.1. The fourth-order valence-electron chi connectivity index (χ4n) is 3.12. The SMILES string of the molecule is C=CCn1c(O)c(C2=Nc3ccccc3S[C@H](c3cccs3)C2)c(=O)[nH]c1=O. The Morgan fingerprint density at radius 3 is 2.86 bits per heavy atom. The Balaban J connectivity index is 1.92. The first-order chi connectivity index (χ1) is 13.6. The fourth-order valence-corrected chi connectivity index (χ4v) is 5.27. The molecular weight excluding hydrogens is 394 g/mol. The van der Waals surface area contributed by atoms with Crippen LogP contribution in [0.1, 0.15) is 22.1 Å². The lowest BCUT2D eigenvalue weighted by atomic mass is 10.1. The maximum absolute atomic E-state index is 12.6. The van der Waals surface area contributed by atoms with Crippen molar-refractivity contribution in [3.05, 3.63) is 85.7 Å². The van der Waals surface area contributed by atoms with Crippen molar-refractivity contribution < 1.29 is 5.11 Å². The van der Waals surface area contributed by atoms with Gasteiger partial charge in [0, 0.05) is 28.0 Å². The van der Waals surface area contributed by atoms with E-state index in [1.165, 1.54) is 6.08 Å². The molecule has 1 aliphatic heterocycles. The number of thioether (sulfide) groups is 1. The summed E-state index contributed by atoms with van der Waals surface area (Å²) in [5.74, 6) is -0.387. The average Bonchev–Trinajstić information content (AvgIpc) is 3.13. The lowest BCUT2D eigenvalue weighted by Gasteiger charge is -2.15. The molecule has 0 saturated heterocycles. The number of aliphatic imine (C=N–C) groups is 1. The quantitative estimate of drug-likeness (QED) is 0.639. The van der Waals surface area contributed by atoms with Crippen molar-refractivity contribution in [3.8, 4) is 5.88 Å². The second kappa shape index (κ2) is 7.65. The van der Waals surface area contributed by atoms with Crippen molar-refractivity contribution in [2.45, 2.75) is 23.1 Å². The molecule has 142 valence electrons. The molecular formula is C20H17N3O3S2. The maximum atomic E-state index is 12.6. The molecule has 0 unspecified atom stereocenters. The van der Waals surface area contributed by atoms with E-state index in [0.717, 1.165) is 20.0 Å². The standard InChI is InChI=1S/C20H17N3O3S2/c1-2-9-23-19(25)17(18(24)22-20(23)26)13-11-16(15-8-5-10-27-15)28-14-7-4-3-6-12(14)21-13/h2-8,10,16,25H,1,9,11H2,(H,22,24,26)/t16-/m0/s1. The summed E-state index contributed by atoms with van der Waals surface area (Å²) in [5.41, 5.74) is -0.102. The average molecular weight is 412 g/mol. The largest absolute Gasteiger partial charge is 0.494 e. The van der Waals surface area contributed by atoms with Crippen molar-refractivity contribution in [1.82, 2.24) is 9.55 Å². The molecule has 2 N–H and O–H groups in total. The van der Waals surface area contributed by atoms with Gasteiger partial charge in [-0.05, 0) is 23.6 Å². The van der Waals surface area contributed by atoms with Crippen LogP contribution in [0.15, 0.2) is 73.9 Å². The molecule has 3 heterocycles. The number of aromatic nitrogens is 2. The number of H-pyrrole nitrogens is 1. The number of thiophene rings is 1. The molecule has 0 amide bonds. The third-order valence-electron chi connectivity index (χ3n) is 4.40. The molecule has 28 heavy (non-hydrogen) atoms. The minimum Gasteiger partial charge on any atom is -0.494 e. The number of para-hydroxylation sites is 1. The molecule has 4 rings (SSSR count). The van der Waals surface area contributed by atoms with Gasteiger partial charge in [0.25, 0.3) is 5.56 Å². The summed E-state index contributed by atoms with van der Waals surface area (Å²) in [5, 5.41) is 12.8. The smallest absolute Gasteiger partial charge is 0.331 e. The van der Waals surface area contributed by atoms with Gasteiger partial charge in [0.05, 0.1) is 11.4 Å². The summed E-state index contributed by atoms with van der Waals surface area (Å²) in [6.07, 6.45) is 1.93. The van der Waals surface area contributed by atoms with Crippen LogP contribution >= 0.6 is 23.1 Å². The molecule has 1 aromatic carbocycles. The highest BCUT2D eigenvalue weighted by molar-refractivity contribution is 7.99. The molecule has 0 fully saturated rings. The summed E-state index contributed by atoms with van der Waals surface area (Å²) >= 11 is 3.32. The Morgan fingerprint density at radius 2 is 2.11 bits per heavy atom. The van der Waals surface area contributed by atoms with Gasteiger partial charge in [-0.1, -0.05) is 24.3 Å². The number of fused-ring (bicyclic) bond motifs is 1. The van der Waals surface area contributed by atoms with Crippen LogP contribution in [-0.4, -0.2) is 20.4 Å². The molecule has 2 aromatic heterocycles. The van der Waals surface area contributed by atoms with Crippen LogP contribution in [-0.2, 0) is 6.54 Å². The summed E-state index contributed by atoms with van der Waals surface area (Å²) < 4.78 is 1.08. The van der Waals surface area contributed by atoms with Crippen LogP contribution in [0.25, 0.3) is 0 Å². The van der Waals surface area contributed by atoms with Crippen molar-refractivity contribution in [3.63, 3.8) is 0 Å². The Morgan fingerprint density at radius 1 is 1.29 bits per heavy atom. The number of nitrogens with one attached hydrogen (secondary N) is 1. The Labute approximate surface area is 168 Å². The van der Waals surface area contributed by atoms with E-state index in [2.05, 4.69) is 17.6 Å². The minimum absolute atomic E-state index is 0.0281. The first-order valence-electron chi connectivity index (χ1n) is 8.62. The van der Waals surface area contributed by atoms with Crippen LogP contribution in [0.5, 0.6) is 5.88 Å². The molecule has 8 heteroatoms. The van der Waals surface area contributed by atoms with E-state index in [1.54, 1.807) is 23.1 Å². The minimum atomic E-state index is -0.676. The molecule has 1 atom stereocenters. The number of aromatic hydroxyl groups is 1. The third kappa shape index (κ3) is 3.36. The number of benzene rings is 1. The van der Waals surface area contributed by atoms with Gasteiger partial charge >= 0.3 is 5.69 Å². The maximum Gasteiger partial charge on any atom is 0.331 e. The zero-order valence-electron chi connectivity index (χ0n) is 14.8. The monoisotopic (exact) mass is 411 g/mol. The fraction of sp³-hybridized carbons (Fsp3) is 0.150. The number of allylic oxidation sites excluding steroid dienone is 1. The van der Waals surface area contributed by atoms with Gasteiger partial charge in [0.1, 0.15) is 5.56 Å². The van der Waals surface area contributed by atoms with Gasteiger partial charge in [-0.15, -0.1) is 29.7 Å². The van der Waals surface area contributed by atoms with E-state index >= 15 is 0 Å². The number of hydrogen-bond acceptors (Lipinski definition) is 6. The Bertz CT molecular complexity index is 1180. The molecule has 0 radical (unpaired) electrons. The Kier molecular flexibility index (Phi) is 5.06. The van der Waals surface area contributed by atoms with E-state index in [1.807, 2.05) is 35.7 Å². The molecule has 0 spiro atoms. The van der Waals surface area contributed by atoms with Gasteiger partial charge in [0.2, 0.25) is 5.88 Å². The van der Waals surface area contributed by atoms with Crippen molar-refractivity contribution >= 4 is 34.5 Å².